The molecule has 2 aromatic rings. The summed E-state index contributed by atoms with van der Waals surface area (Å²) in [7, 11) is 0. The monoisotopic (exact) mass is 578 g/mol. The molecule has 0 N–H and O–H groups in total. The fourth-order valence-corrected chi connectivity index (χ4v) is 18.7. The molecule has 0 heterocycles. The Kier molecular flexibility index (Phi) is 7.51. The molecule has 2 aliphatic rings. The second kappa shape index (κ2) is 8.94. The number of fused-ring (bicyclic) bond motifs is 2. The standard InChI is InChI=1S/2C11H11.C3H6.2ClH.Hf/c2*1-8-6-10-5-3-4-9(2)11(10)7-8;1-3-2;;;/h2*3-7H,1-2H3;1-2H3;2*1H;/q;;;;;+2/p-2. The van der Waals surface area contributed by atoms with E-state index in [1.165, 1.54) is 22.3 Å². The zero-order chi connectivity index (χ0) is 18.6. The molecule has 0 spiro atoms. The van der Waals surface area contributed by atoms with Crippen molar-refractivity contribution >= 4 is 15.4 Å². The molecule has 3 heteroatoms. The summed E-state index contributed by atoms with van der Waals surface area (Å²) in [6, 6.07) is 13.8. The Morgan fingerprint density at radius 1 is 0.679 bits per heavy atom. The van der Waals surface area contributed by atoms with Gasteiger partial charge in [-0.3, -0.25) is 0 Å². The van der Waals surface area contributed by atoms with Crippen LogP contribution in [-0.2, 0) is 21.0 Å². The zero-order valence-electron chi connectivity index (χ0n) is 17.5. The SMILES string of the molecule is CC1=Cc2c(C)cccc2[CH]1[Hf+2](=[C](C)C)[CH]1C(C)=Cc2c(C)cccc21.[Cl-].[Cl-]. The second-order valence-corrected chi connectivity index (χ2v) is 19.3. The molecular formula is C25H28Cl2Hf. The van der Waals surface area contributed by atoms with Crippen LogP contribution < -0.4 is 24.8 Å². The van der Waals surface area contributed by atoms with Gasteiger partial charge in [0, 0.05) is 0 Å². The third-order valence-electron chi connectivity index (χ3n) is 6.19. The van der Waals surface area contributed by atoms with Gasteiger partial charge in [-0.15, -0.1) is 0 Å². The molecule has 28 heavy (non-hydrogen) atoms. The quantitative estimate of drug-likeness (QED) is 0.463. The molecule has 0 aromatic heterocycles. The third kappa shape index (κ3) is 3.71. The molecule has 0 aliphatic heterocycles. The van der Waals surface area contributed by atoms with Crippen molar-refractivity contribution in [2.45, 2.75) is 48.9 Å². The van der Waals surface area contributed by atoms with Crippen LogP contribution in [0.25, 0.3) is 12.2 Å². The van der Waals surface area contributed by atoms with Crippen LogP contribution in [0.2, 0.25) is 0 Å². The van der Waals surface area contributed by atoms with Gasteiger partial charge in [0.2, 0.25) is 0 Å². The first-order valence-electron chi connectivity index (χ1n) is 9.62. The Balaban J connectivity index is 0.00000140. The minimum absolute atomic E-state index is 0. The van der Waals surface area contributed by atoms with Crippen LogP contribution in [0.15, 0.2) is 47.5 Å². The molecule has 0 fully saturated rings. The number of halogens is 2. The van der Waals surface area contributed by atoms with Gasteiger partial charge in [0.05, 0.1) is 0 Å². The predicted molar refractivity (Wildman–Crippen MR) is 111 cm³/mol. The molecule has 2 atom stereocenters. The smallest absolute Gasteiger partial charge is 1.00 e. The van der Waals surface area contributed by atoms with E-state index >= 15 is 0 Å². The molecule has 0 amide bonds. The number of aryl methyl sites for hydroxylation is 2. The van der Waals surface area contributed by atoms with Crippen LogP contribution in [0.4, 0.5) is 0 Å². The van der Waals surface area contributed by atoms with Crippen molar-refractivity contribution in [1.82, 2.24) is 0 Å². The molecule has 0 saturated carbocycles. The van der Waals surface area contributed by atoms with Gasteiger partial charge in [0.15, 0.2) is 0 Å². The Labute approximate surface area is 190 Å². The van der Waals surface area contributed by atoms with Crippen molar-refractivity contribution in [1.29, 1.82) is 0 Å². The molecule has 2 unspecified atom stereocenters. The summed E-state index contributed by atoms with van der Waals surface area (Å²) in [5, 5.41) is 0. The summed E-state index contributed by atoms with van der Waals surface area (Å²) < 4.78 is 3.13. The van der Waals surface area contributed by atoms with Gasteiger partial charge in [0.25, 0.3) is 0 Å². The number of allylic oxidation sites excluding steroid dienone is 2. The molecule has 0 nitrogen and oxygen atoms in total. The maximum Gasteiger partial charge on any atom is -1.00 e. The van der Waals surface area contributed by atoms with Crippen molar-refractivity contribution < 1.29 is 45.8 Å². The van der Waals surface area contributed by atoms with Gasteiger partial charge in [0.1, 0.15) is 0 Å². The van der Waals surface area contributed by atoms with Gasteiger partial charge < -0.3 is 24.8 Å². The molecule has 4 rings (SSSR count). The van der Waals surface area contributed by atoms with Gasteiger partial charge in [-0.05, 0) is 0 Å². The first-order chi connectivity index (χ1) is 12.4. The van der Waals surface area contributed by atoms with Crippen LogP contribution in [0.1, 0.15) is 68.4 Å². The van der Waals surface area contributed by atoms with Gasteiger partial charge in [-0.1, -0.05) is 0 Å². The number of hydrogen-bond acceptors (Lipinski definition) is 0. The molecule has 2 aromatic carbocycles. The van der Waals surface area contributed by atoms with Crippen molar-refractivity contribution in [3.05, 3.63) is 80.9 Å². The summed E-state index contributed by atoms with van der Waals surface area (Å²) in [5.74, 6) is 0. The van der Waals surface area contributed by atoms with Crippen molar-refractivity contribution in [2.75, 3.05) is 0 Å². The Morgan fingerprint density at radius 3 is 1.43 bits per heavy atom. The van der Waals surface area contributed by atoms with Crippen LogP contribution >= 0.6 is 0 Å². The molecule has 0 radical (unpaired) electrons. The Morgan fingerprint density at radius 2 is 1.07 bits per heavy atom. The maximum atomic E-state index is 2.48. The fraction of sp³-hybridized carbons (Fsp3) is 0.320. The molecule has 2 aliphatic carbocycles. The van der Waals surface area contributed by atoms with Gasteiger partial charge >= 0.3 is 166 Å². The van der Waals surface area contributed by atoms with E-state index in [2.05, 4.69) is 90.1 Å². The van der Waals surface area contributed by atoms with E-state index in [9.17, 15) is 0 Å². The predicted octanol–water partition coefficient (Wildman–Crippen LogP) is 0.758. The van der Waals surface area contributed by atoms with E-state index in [1.54, 1.807) is 25.5 Å². The average molecular weight is 578 g/mol. The van der Waals surface area contributed by atoms with E-state index in [0.717, 1.165) is 0 Å². The van der Waals surface area contributed by atoms with E-state index in [-0.39, 0.29) is 24.8 Å². The molecule has 0 bridgehead atoms. The van der Waals surface area contributed by atoms with E-state index in [0.29, 0.717) is 7.35 Å². The van der Waals surface area contributed by atoms with Crippen molar-refractivity contribution in [3.8, 4) is 0 Å². The van der Waals surface area contributed by atoms with Crippen LogP contribution in [-0.4, -0.2) is 3.26 Å². The van der Waals surface area contributed by atoms with E-state index in [4.69, 9.17) is 0 Å². The topological polar surface area (TPSA) is 0 Å². The zero-order valence-corrected chi connectivity index (χ0v) is 22.6. The summed E-state index contributed by atoms with van der Waals surface area (Å²) in [5.41, 5.74) is 12.3. The summed E-state index contributed by atoms with van der Waals surface area (Å²) in [4.78, 5) is 0. The minimum atomic E-state index is -2.21. The average Bonchev–Trinajstić information content (AvgIpc) is 3.09. The molecule has 0 saturated heterocycles. The Hall–Kier alpha value is -0.760. The van der Waals surface area contributed by atoms with Crippen molar-refractivity contribution in [3.63, 3.8) is 0 Å². The van der Waals surface area contributed by atoms with Gasteiger partial charge in [-0.2, -0.15) is 0 Å². The molecular weight excluding hydrogens is 550 g/mol. The maximum absolute atomic E-state index is 2.48. The minimum Gasteiger partial charge on any atom is -1.00 e. The second-order valence-electron chi connectivity index (χ2n) is 8.25. The molecule has 146 valence electrons. The first kappa shape index (κ1) is 23.5. The third-order valence-corrected chi connectivity index (χ3v) is 20.3. The number of hydrogen-bond donors (Lipinski definition) is 0. The fourth-order valence-electron chi connectivity index (χ4n) is 4.99. The van der Waals surface area contributed by atoms with E-state index < -0.39 is 21.0 Å². The number of benzene rings is 2. The first-order valence-corrected chi connectivity index (χ1v) is 15.6. The van der Waals surface area contributed by atoms with Crippen LogP contribution in [0, 0.1) is 13.8 Å². The van der Waals surface area contributed by atoms with E-state index in [1.807, 2.05) is 0 Å². The summed E-state index contributed by atoms with van der Waals surface area (Å²) in [6.45, 7) is 14.1. The Bertz CT molecular complexity index is 932. The summed E-state index contributed by atoms with van der Waals surface area (Å²) in [6.07, 6.45) is 4.96. The van der Waals surface area contributed by atoms with Crippen LogP contribution in [0.5, 0.6) is 0 Å². The van der Waals surface area contributed by atoms with Crippen molar-refractivity contribution in [2.24, 2.45) is 0 Å². The normalized spacial score (nSPS) is 18.6. The van der Waals surface area contributed by atoms with Crippen LogP contribution in [0.3, 0.4) is 0 Å². The summed E-state index contributed by atoms with van der Waals surface area (Å²) >= 11 is -2.21. The largest absolute Gasteiger partial charge is 1.00 e. The van der Waals surface area contributed by atoms with Gasteiger partial charge in [-0.25, -0.2) is 0 Å². The number of rotatable bonds is 2.